The van der Waals surface area contributed by atoms with Crippen molar-refractivity contribution in [3.8, 4) is 0 Å². The number of hydrogen-bond acceptors (Lipinski definition) is 11. The largest absolute Gasteiger partial charge is 0.480 e. The van der Waals surface area contributed by atoms with Crippen LogP contribution in [0.5, 0.6) is 0 Å². The third-order valence-electron chi connectivity index (χ3n) is 5.50. The Bertz CT molecular complexity index is 768. The minimum Gasteiger partial charge on any atom is -0.480 e. The van der Waals surface area contributed by atoms with Crippen molar-refractivity contribution in [2.45, 2.75) is 12.5 Å². The van der Waals surface area contributed by atoms with Crippen LogP contribution in [0.3, 0.4) is 0 Å². The maximum atomic E-state index is 12.2. The number of methoxy groups -OCH3 is 1. The van der Waals surface area contributed by atoms with Crippen LogP contribution in [0.1, 0.15) is 15.9 Å². The molecule has 0 saturated heterocycles. The summed E-state index contributed by atoms with van der Waals surface area (Å²) in [5.41, 5.74) is 1.34. The number of rotatable bonds is 29. The summed E-state index contributed by atoms with van der Waals surface area (Å²) in [7, 11) is 3.24. The second-order valence-corrected chi connectivity index (χ2v) is 8.62. The van der Waals surface area contributed by atoms with Gasteiger partial charge in [0.25, 0.3) is 5.91 Å². The number of carbonyl (C=O) groups excluding carboxylic acids is 1. The fraction of sp³-hybridized carbons (Fsp3) is 0.714. The predicted molar refractivity (Wildman–Crippen MR) is 151 cm³/mol. The van der Waals surface area contributed by atoms with Crippen molar-refractivity contribution < 1.29 is 52.6 Å². The molecule has 1 atom stereocenters. The Hall–Kier alpha value is -2.20. The summed E-state index contributed by atoms with van der Waals surface area (Å²) in [6, 6.07) is 6.21. The molecule has 0 saturated carbocycles. The second-order valence-electron chi connectivity index (χ2n) is 8.62. The highest BCUT2D eigenvalue weighted by Crippen LogP contribution is 2.07. The first-order valence-corrected chi connectivity index (χ1v) is 13.9. The molecule has 0 unspecified atom stereocenters. The molecule has 0 aliphatic heterocycles. The van der Waals surface area contributed by atoms with E-state index in [1.807, 2.05) is 0 Å². The number of benzene rings is 1. The topological polar surface area (TPSA) is 152 Å². The molecule has 236 valence electrons. The lowest BCUT2D eigenvalue weighted by atomic mass is 10.0. The maximum absolute atomic E-state index is 12.2. The van der Waals surface area contributed by atoms with E-state index >= 15 is 0 Å². The number of ether oxygens (including phenoxy) is 8. The first-order valence-electron chi connectivity index (χ1n) is 13.9. The third-order valence-corrected chi connectivity index (χ3v) is 5.50. The summed E-state index contributed by atoms with van der Waals surface area (Å²) < 4.78 is 42.8. The van der Waals surface area contributed by atoms with E-state index in [2.05, 4.69) is 10.6 Å². The Labute approximate surface area is 243 Å². The first-order chi connectivity index (χ1) is 20.1. The minimum atomic E-state index is -0.914. The summed E-state index contributed by atoms with van der Waals surface area (Å²) >= 11 is 0. The Balaban J connectivity index is 1.83. The van der Waals surface area contributed by atoms with Gasteiger partial charge in [0, 0.05) is 19.2 Å². The van der Waals surface area contributed by atoms with Crippen LogP contribution in [0.2, 0.25) is 0 Å². The van der Waals surface area contributed by atoms with Crippen molar-refractivity contribution in [2.24, 2.45) is 0 Å². The van der Waals surface area contributed by atoms with Crippen molar-refractivity contribution in [3.05, 3.63) is 35.4 Å². The molecule has 3 N–H and O–H groups in total. The zero-order valence-electron chi connectivity index (χ0n) is 24.4. The number of carbonyl (C=O) groups is 2. The maximum Gasteiger partial charge on any atom is 0.321 e. The van der Waals surface area contributed by atoms with Crippen LogP contribution in [-0.2, 0) is 49.1 Å². The van der Waals surface area contributed by atoms with Crippen LogP contribution in [0.4, 0.5) is 0 Å². The second kappa shape index (κ2) is 26.7. The number of amides is 1. The van der Waals surface area contributed by atoms with Gasteiger partial charge in [-0.25, -0.2) is 0 Å². The summed E-state index contributed by atoms with van der Waals surface area (Å²) in [5.74, 6) is -1.13. The van der Waals surface area contributed by atoms with Gasteiger partial charge in [-0.15, -0.1) is 0 Å². The highest BCUT2D eigenvalue weighted by Gasteiger charge is 2.15. The number of nitrogens with one attached hydrogen (secondary N) is 2. The molecule has 1 rings (SSSR count). The third kappa shape index (κ3) is 21.2. The van der Waals surface area contributed by atoms with E-state index in [-0.39, 0.29) is 5.91 Å². The van der Waals surface area contributed by atoms with Crippen molar-refractivity contribution in [1.29, 1.82) is 0 Å². The molecule has 0 fully saturated rings. The summed E-state index contributed by atoms with van der Waals surface area (Å²) in [5, 5.41) is 14.7. The highest BCUT2D eigenvalue weighted by molar-refractivity contribution is 5.94. The lowest BCUT2D eigenvalue weighted by Crippen LogP contribution is -2.35. The standard InChI is InChI=1S/C28H48N2O11/c1-29-26(28(32)33)23-24-3-5-25(6-4-24)27(31)30-7-8-35-11-12-37-15-16-39-19-20-41-22-21-40-18-17-38-14-13-36-10-9-34-2/h3-6,26,29H,7-23H2,1-2H3,(H,30,31)(H,32,33)/t26-/m0/s1. The number of carboxylic acids is 1. The van der Waals surface area contributed by atoms with Crippen LogP contribution < -0.4 is 10.6 Å². The molecule has 0 aliphatic carbocycles. The Morgan fingerprint density at radius 2 is 1.05 bits per heavy atom. The number of carboxylic acid groups (broad SMARTS) is 1. The van der Waals surface area contributed by atoms with E-state index in [1.165, 1.54) is 0 Å². The molecule has 1 aromatic rings. The van der Waals surface area contributed by atoms with Crippen LogP contribution >= 0.6 is 0 Å². The molecule has 13 nitrogen and oxygen atoms in total. The molecule has 0 aliphatic rings. The molecule has 0 radical (unpaired) electrons. The SMILES string of the molecule is CN[C@@H](Cc1ccc(C(=O)NCCOCCOCCOCCOCCOCCOCCOCCOC)cc1)C(=O)O. The van der Waals surface area contributed by atoms with Gasteiger partial charge < -0.3 is 53.6 Å². The van der Waals surface area contributed by atoms with Crippen LogP contribution in [0.15, 0.2) is 24.3 Å². The minimum absolute atomic E-state index is 0.213. The van der Waals surface area contributed by atoms with Gasteiger partial charge in [0.1, 0.15) is 6.04 Å². The normalized spacial score (nSPS) is 12.0. The van der Waals surface area contributed by atoms with Crippen molar-refractivity contribution in [3.63, 3.8) is 0 Å². The highest BCUT2D eigenvalue weighted by atomic mass is 16.6. The van der Waals surface area contributed by atoms with Crippen LogP contribution in [-0.4, -0.2) is 143 Å². The van der Waals surface area contributed by atoms with Crippen LogP contribution in [0.25, 0.3) is 0 Å². The van der Waals surface area contributed by atoms with Gasteiger partial charge in [0.05, 0.1) is 99.1 Å². The monoisotopic (exact) mass is 588 g/mol. The summed E-state index contributed by atoms with van der Waals surface area (Å²) in [4.78, 5) is 23.3. The molecular weight excluding hydrogens is 540 g/mol. The molecule has 0 spiro atoms. The molecule has 13 heteroatoms. The van der Waals surface area contributed by atoms with Gasteiger partial charge in [-0.05, 0) is 31.2 Å². The summed E-state index contributed by atoms with van der Waals surface area (Å²) in [6.07, 6.45) is 0.339. The van der Waals surface area contributed by atoms with E-state index in [0.717, 1.165) is 5.56 Å². The Kier molecular flexibility index (Phi) is 24.0. The molecule has 41 heavy (non-hydrogen) atoms. The fourth-order valence-electron chi connectivity index (χ4n) is 3.24. The molecular formula is C28H48N2O11. The Morgan fingerprint density at radius 3 is 1.41 bits per heavy atom. The molecule has 0 aromatic heterocycles. The van der Waals surface area contributed by atoms with Crippen molar-refractivity contribution >= 4 is 11.9 Å². The first kappa shape index (κ1) is 36.8. The number of aliphatic carboxylic acids is 1. The molecule has 0 heterocycles. The number of likely N-dealkylation sites (N-methyl/N-ethyl adjacent to an activating group) is 1. The molecule has 1 amide bonds. The van der Waals surface area contributed by atoms with E-state index < -0.39 is 12.0 Å². The van der Waals surface area contributed by atoms with Crippen LogP contribution in [0, 0.1) is 0 Å². The quantitative estimate of drug-likeness (QED) is 0.111. The zero-order valence-corrected chi connectivity index (χ0v) is 24.4. The van der Waals surface area contributed by atoms with E-state index in [0.29, 0.717) is 118 Å². The Morgan fingerprint density at radius 1 is 0.659 bits per heavy atom. The average molecular weight is 589 g/mol. The average Bonchev–Trinajstić information content (AvgIpc) is 2.98. The molecule has 0 bridgehead atoms. The van der Waals surface area contributed by atoms with Gasteiger partial charge in [-0.3, -0.25) is 9.59 Å². The smallest absolute Gasteiger partial charge is 0.321 e. The fourth-order valence-corrected chi connectivity index (χ4v) is 3.24. The lowest BCUT2D eigenvalue weighted by Gasteiger charge is -2.11. The van der Waals surface area contributed by atoms with Crippen molar-refractivity contribution in [2.75, 3.05) is 120 Å². The number of hydrogen-bond donors (Lipinski definition) is 3. The van der Waals surface area contributed by atoms with E-state index in [1.54, 1.807) is 38.4 Å². The van der Waals surface area contributed by atoms with E-state index in [9.17, 15) is 9.59 Å². The van der Waals surface area contributed by atoms with Gasteiger partial charge in [0.2, 0.25) is 0 Å². The molecule has 1 aromatic carbocycles. The predicted octanol–water partition coefficient (Wildman–Crippen LogP) is 0.394. The summed E-state index contributed by atoms with van der Waals surface area (Å²) in [6.45, 7) is 7.73. The van der Waals surface area contributed by atoms with Crippen molar-refractivity contribution in [1.82, 2.24) is 10.6 Å². The zero-order chi connectivity index (χ0) is 29.8. The van der Waals surface area contributed by atoms with Gasteiger partial charge in [-0.1, -0.05) is 12.1 Å². The lowest BCUT2D eigenvalue weighted by molar-refractivity contribution is -0.139. The van der Waals surface area contributed by atoms with E-state index in [4.69, 9.17) is 43.0 Å². The van der Waals surface area contributed by atoms with Gasteiger partial charge >= 0.3 is 5.97 Å². The van der Waals surface area contributed by atoms with Gasteiger partial charge in [-0.2, -0.15) is 0 Å². The van der Waals surface area contributed by atoms with Gasteiger partial charge in [0.15, 0.2) is 0 Å².